The largest absolute Gasteiger partial charge is 0.395 e. The number of thioether (sulfide) groups is 2. The van der Waals surface area contributed by atoms with E-state index in [9.17, 15) is 0 Å². The van der Waals surface area contributed by atoms with Crippen molar-refractivity contribution < 1.29 is 5.11 Å². The summed E-state index contributed by atoms with van der Waals surface area (Å²) >= 11 is 2.21. The number of rotatable bonds is 5. The molecule has 0 aromatic carbocycles. The first-order valence-corrected chi connectivity index (χ1v) is 4.88. The summed E-state index contributed by atoms with van der Waals surface area (Å²) in [5, 5.41) is 28.9. The molecule has 5 heteroatoms. The SMILES string of the molecule is N#CSCCC(CO)SC#N. The highest BCUT2D eigenvalue weighted by atomic mass is 32.2. The Bertz CT molecular complexity index is 172. The predicted molar refractivity (Wildman–Crippen MR) is 46.8 cm³/mol. The van der Waals surface area contributed by atoms with Gasteiger partial charge in [-0.15, -0.1) is 0 Å². The molecule has 0 aliphatic heterocycles. The van der Waals surface area contributed by atoms with Crippen LogP contribution in [0.1, 0.15) is 6.42 Å². The van der Waals surface area contributed by atoms with Crippen LogP contribution >= 0.6 is 23.5 Å². The van der Waals surface area contributed by atoms with E-state index in [1.165, 1.54) is 0 Å². The molecule has 0 bridgehead atoms. The van der Waals surface area contributed by atoms with Gasteiger partial charge in [0.25, 0.3) is 0 Å². The lowest BCUT2D eigenvalue weighted by Gasteiger charge is -2.05. The Morgan fingerprint density at radius 1 is 1.36 bits per heavy atom. The highest BCUT2D eigenvalue weighted by Gasteiger charge is 2.06. The Morgan fingerprint density at radius 2 is 2.09 bits per heavy atom. The van der Waals surface area contributed by atoms with Gasteiger partial charge >= 0.3 is 0 Å². The molecule has 1 unspecified atom stereocenters. The normalized spacial score (nSPS) is 11.5. The van der Waals surface area contributed by atoms with Crippen molar-refractivity contribution in [3.8, 4) is 10.8 Å². The van der Waals surface area contributed by atoms with Crippen LogP contribution in [0.25, 0.3) is 0 Å². The molecule has 0 aliphatic rings. The zero-order chi connectivity index (χ0) is 8.53. The third-order valence-electron chi connectivity index (χ3n) is 1.03. The van der Waals surface area contributed by atoms with Gasteiger partial charge in [-0.05, 0) is 29.9 Å². The van der Waals surface area contributed by atoms with E-state index >= 15 is 0 Å². The van der Waals surface area contributed by atoms with Gasteiger partial charge < -0.3 is 5.11 Å². The number of hydrogen-bond acceptors (Lipinski definition) is 5. The smallest absolute Gasteiger partial charge is 0.133 e. The van der Waals surface area contributed by atoms with Crippen LogP contribution in [0.3, 0.4) is 0 Å². The topological polar surface area (TPSA) is 67.8 Å². The van der Waals surface area contributed by atoms with Crippen molar-refractivity contribution in [3.63, 3.8) is 0 Å². The van der Waals surface area contributed by atoms with Crippen molar-refractivity contribution >= 4 is 23.5 Å². The van der Waals surface area contributed by atoms with Gasteiger partial charge in [-0.1, -0.05) is 0 Å². The van der Waals surface area contributed by atoms with E-state index in [2.05, 4.69) is 0 Å². The Labute approximate surface area is 74.4 Å². The molecular weight excluding hydrogens is 180 g/mol. The number of nitriles is 2. The predicted octanol–water partition coefficient (Wildman–Crippen LogP) is 1.17. The maximum atomic E-state index is 8.69. The first kappa shape index (κ1) is 10.6. The number of thiocyanates is 2. The number of nitrogens with zero attached hydrogens (tertiary/aromatic N) is 2. The summed E-state index contributed by atoms with van der Waals surface area (Å²) in [4.78, 5) is 0. The van der Waals surface area contributed by atoms with E-state index < -0.39 is 0 Å². The molecule has 0 heterocycles. The Kier molecular flexibility index (Phi) is 7.49. The molecule has 0 fully saturated rings. The van der Waals surface area contributed by atoms with Crippen LogP contribution in [0.2, 0.25) is 0 Å². The van der Waals surface area contributed by atoms with Crippen LogP contribution in [0.5, 0.6) is 0 Å². The molecule has 0 saturated heterocycles. The monoisotopic (exact) mass is 188 g/mol. The minimum atomic E-state index is -0.0409. The van der Waals surface area contributed by atoms with Crippen LogP contribution in [0.4, 0.5) is 0 Å². The van der Waals surface area contributed by atoms with E-state index in [0.717, 1.165) is 23.5 Å². The fourth-order valence-electron chi connectivity index (χ4n) is 0.498. The molecule has 11 heavy (non-hydrogen) atoms. The second kappa shape index (κ2) is 7.74. The standard InChI is InChI=1S/C6H8N2OS2/c7-4-10-2-1-6(3-9)11-5-8/h6,9H,1-3H2. The lowest BCUT2D eigenvalue weighted by Crippen LogP contribution is -2.08. The molecule has 1 atom stereocenters. The van der Waals surface area contributed by atoms with Crippen molar-refractivity contribution in [1.82, 2.24) is 0 Å². The van der Waals surface area contributed by atoms with Crippen molar-refractivity contribution in [2.75, 3.05) is 12.4 Å². The minimum Gasteiger partial charge on any atom is -0.395 e. The van der Waals surface area contributed by atoms with Gasteiger partial charge in [-0.3, -0.25) is 0 Å². The first-order chi connectivity index (χ1) is 5.35. The molecule has 1 N–H and O–H groups in total. The Balaban J connectivity index is 3.39. The van der Waals surface area contributed by atoms with Gasteiger partial charge in [0, 0.05) is 11.0 Å². The minimum absolute atomic E-state index is 0.00418. The average molecular weight is 188 g/mol. The highest BCUT2D eigenvalue weighted by molar-refractivity contribution is 8.04. The maximum Gasteiger partial charge on any atom is 0.133 e. The molecule has 0 aliphatic carbocycles. The van der Waals surface area contributed by atoms with Gasteiger partial charge in [0.2, 0.25) is 0 Å². The summed E-state index contributed by atoms with van der Waals surface area (Å²) in [5.41, 5.74) is 0. The molecule has 60 valence electrons. The molecule has 0 rings (SSSR count). The maximum absolute atomic E-state index is 8.69. The lowest BCUT2D eigenvalue weighted by atomic mass is 10.3. The second-order valence-corrected chi connectivity index (χ2v) is 3.71. The molecule has 0 saturated carbocycles. The zero-order valence-corrected chi connectivity index (χ0v) is 7.49. The van der Waals surface area contributed by atoms with E-state index in [0.29, 0.717) is 12.2 Å². The average Bonchev–Trinajstić information content (AvgIpc) is 2.03. The van der Waals surface area contributed by atoms with Crippen LogP contribution in [0.15, 0.2) is 0 Å². The second-order valence-electron chi connectivity index (χ2n) is 1.74. The molecule has 0 amide bonds. The summed E-state index contributed by atoms with van der Waals surface area (Å²) in [6.45, 7) is 0.00418. The van der Waals surface area contributed by atoms with Gasteiger partial charge in [-0.2, -0.15) is 10.5 Å². The van der Waals surface area contributed by atoms with Crippen LogP contribution in [-0.4, -0.2) is 22.7 Å². The van der Waals surface area contributed by atoms with Crippen LogP contribution < -0.4 is 0 Å². The van der Waals surface area contributed by atoms with E-state index in [1.807, 2.05) is 10.8 Å². The zero-order valence-electron chi connectivity index (χ0n) is 5.86. The van der Waals surface area contributed by atoms with Crippen LogP contribution in [-0.2, 0) is 0 Å². The molecule has 0 aromatic heterocycles. The van der Waals surface area contributed by atoms with Gasteiger partial charge in [0.15, 0.2) is 0 Å². The van der Waals surface area contributed by atoms with Crippen molar-refractivity contribution in [3.05, 3.63) is 0 Å². The lowest BCUT2D eigenvalue weighted by molar-refractivity contribution is 0.293. The number of hydrogen-bond donors (Lipinski definition) is 1. The summed E-state index contributed by atoms with van der Waals surface area (Å²) in [5.74, 6) is 0.677. The van der Waals surface area contributed by atoms with E-state index in [4.69, 9.17) is 15.6 Å². The van der Waals surface area contributed by atoms with E-state index in [1.54, 1.807) is 0 Å². The van der Waals surface area contributed by atoms with Crippen molar-refractivity contribution in [2.45, 2.75) is 11.7 Å². The summed E-state index contributed by atoms with van der Waals surface area (Å²) < 4.78 is 0. The summed E-state index contributed by atoms with van der Waals surface area (Å²) in [7, 11) is 0. The number of aliphatic hydroxyl groups excluding tert-OH is 1. The van der Waals surface area contributed by atoms with Gasteiger partial charge in [-0.25, -0.2) is 0 Å². The van der Waals surface area contributed by atoms with E-state index in [-0.39, 0.29) is 11.9 Å². The molecule has 3 nitrogen and oxygen atoms in total. The molecule has 0 aromatic rings. The third-order valence-corrected chi connectivity index (χ3v) is 2.42. The van der Waals surface area contributed by atoms with Gasteiger partial charge in [0.1, 0.15) is 10.8 Å². The molecule has 0 radical (unpaired) electrons. The van der Waals surface area contributed by atoms with Gasteiger partial charge in [0.05, 0.1) is 6.61 Å². The Morgan fingerprint density at radius 3 is 2.55 bits per heavy atom. The molecule has 0 spiro atoms. The van der Waals surface area contributed by atoms with Crippen molar-refractivity contribution in [1.29, 1.82) is 10.5 Å². The quantitative estimate of drug-likeness (QED) is 0.518. The van der Waals surface area contributed by atoms with Crippen LogP contribution in [0, 0.1) is 21.3 Å². The highest BCUT2D eigenvalue weighted by Crippen LogP contribution is 2.14. The number of aliphatic hydroxyl groups is 1. The van der Waals surface area contributed by atoms with Crippen molar-refractivity contribution in [2.24, 2.45) is 0 Å². The Hall–Kier alpha value is -0.360. The first-order valence-electron chi connectivity index (χ1n) is 3.01. The summed E-state index contributed by atoms with van der Waals surface area (Å²) in [6, 6.07) is 0. The molecular formula is C6H8N2OS2. The fourth-order valence-corrected chi connectivity index (χ4v) is 1.60. The third kappa shape index (κ3) is 6.05. The fraction of sp³-hybridized carbons (Fsp3) is 0.667. The summed E-state index contributed by atoms with van der Waals surface area (Å²) in [6.07, 6.45) is 0.701.